The summed E-state index contributed by atoms with van der Waals surface area (Å²) in [7, 11) is 0. The van der Waals surface area contributed by atoms with Crippen molar-refractivity contribution in [2.24, 2.45) is 0 Å². The molecule has 2 aliphatic rings. The number of piperidine rings is 1. The van der Waals surface area contributed by atoms with Gasteiger partial charge in [0.1, 0.15) is 5.75 Å². The molecule has 0 N–H and O–H groups in total. The zero-order valence-electron chi connectivity index (χ0n) is 16.8. The minimum Gasteiger partial charge on any atom is -0.406 e. The molecule has 2 saturated heterocycles. The Hall–Kier alpha value is -1.68. The number of benzene rings is 1. The Balaban J connectivity index is 1.54. The molecule has 1 radical (unpaired) electrons. The van der Waals surface area contributed by atoms with Crippen LogP contribution in [0.4, 0.5) is 13.2 Å². The first-order chi connectivity index (χ1) is 14.4. The zero-order valence-corrected chi connectivity index (χ0v) is 17.6. The first kappa shape index (κ1) is 21.5. The van der Waals surface area contributed by atoms with Gasteiger partial charge in [0.2, 0.25) is 0 Å². The highest BCUT2D eigenvalue weighted by molar-refractivity contribution is 7.09. The van der Waals surface area contributed by atoms with Crippen molar-refractivity contribution >= 4 is 11.3 Å². The molecule has 163 valence electrons. The minimum atomic E-state index is -4.68. The number of hydrogen-bond donors (Lipinski definition) is 0. The van der Waals surface area contributed by atoms with Crippen molar-refractivity contribution in [3.8, 4) is 5.75 Å². The smallest absolute Gasteiger partial charge is 0.406 e. The van der Waals surface area contributed by atoms with Gasteiger partial charge in [-0.15, -0.1) is 24.5 Å². The Morgan fingerprint density at radius 3 is 2.60 bits per heavy atom. The molecule has 1 aromatic carbocycles. The maximum absolute atomic E-state index is 12.5. The fourth-order valence-electron chi connectivity index (χ4n) is 4.14. The predicted octanol–water partition coefficient (Wildman–Crippen LogP) is 4.14. The first-order valence-corrected chi connectivity index (χ1v) is 11.1. The standard InChI is InChI=1S/C21H25F3N3O2S/c1-2-17-13-30-20(26-17)16-9-15(10-27(11-16)19-12-28-8-7-25-19)14-3-5-18(6-4-14)29-21(22,23)24/h3-6,13,15-16,19H,2,7-12H2,1H3. The van der Waals surface area contributed by atoms with Gasteiger partial charge in [-0.2, -0.15) is 0 Å². The van der Waals surface area contributed by atoms with Crippen molar-refractivity contribution in [3.05, 3.63) is 45.9 Å². The number of morpholine rings is 1. The minimum absolute atomic E-state index is 0.0162. The molecular weight excluding hydrogens is 415 g/mol. The number of thiazole rings is 1. The number of likely N-dealkylation sites (tertiary alicyclic amines) is 1. The van der Waals surface area contributed by atoms with Crippen molar-refractivity contribution in [1.82, 2.24) is 15.2 Å². The summed E-state index contributed by atoms with van der Waals surface area (Å²) in [6.07, 6.45) is -2.86. The molecule has 2 aliphatic heterocycles. The summed E-state index contributed by atoms with van der Waals surface area (Å²) in [6, 6.07) is 6.26. The molecule has 3 atom stereocenters. The van der Waals surface area contributed by atoms with Gasteiger partial charge in [-0.1, -0.05) is 19.1 Å². The lowest BCUT2D eigenvalue weighted by atomic mass is 9.84. The molecule has 1 aromatic heterocycles. The molecule has 5 nitrogen and oxygen atoms in total. The van der Waals surface area contributed by atoms with Gasteiger partial charge in [0.05, 0.1) is 30.1 Å². The number of halogens is 3. The van der Waals surface area contributed by atoms with Gasteiger partial charge in [-0.25, -0.2) is 10.3 Å². The van der Waals surface area contributed by atoms with E-state index in [0.29, 0.717) is 19.8 Å². The van der Waals surface area contributed by atoms with Crippen LogP contribution < -0.4 is 10.1 Å². The van der Waals surface area contributed by atoms with Gasteiger partial charge in [0.15, 0.2) is 0 Å². The number of aromatic nitrogens is 1. The van der Waals surface area contributed by atoms with Crippen LogP contribution in [0.2, 0.25) is 0 Å². The molecular formula is C21H25F3N3O2S. The van der Waals surface area contributed by atoms with Gasteiger partial charge in [-0.05, 0) is 36.5 Å². The molecule has 0 saturated carbocycles. The van der Waals surface area contributed by atoms with Gasteiger partial charge in [0.25, 0.3) is 0 Å². The predicted molar refractivity (Wildman–Crippen MR) is 108 cm³/mol. The van der Waals surface area contributed by atoms with E-state index in [-0.39, 0.29) is 23.8 Å². The highest BCUT2D eigenvalue weighted by atomic mass is 32.1. The Morgan fingerprint density at radius 2 is 1.97 bits per heavy atom. The van der Waals surface area contributed by atoms with Crippen molar-refractivity contribution in [3.63, 3.8) is 0 Å². The SMILES string of the molecule is CCc1csc(C2CC(c3ccc(OC(F)(F)F)cc3)CN(C3COCC[N]3)C2)n1. The number of nitrogens with zero attached hydrogens (tertiary/aromatic N) is 3. The Labute approximate surface area is 178 Å². The molecule has 0 amide bonds. The molecule has 3 unspecified atom stereocenters. The second kappa shape index (κ2) is 9.21. The average molecular weight is 441 g/mol. The number of hydrogen-bond acceptors (Lipinski definition) is 5. The number of alkyl halides is 3. The van der Waals surface area contributed by atoms with Crippen LogP contribution >= 0.6 is 11.3 Å². The fourth-order valence-corrected chi connectivity index (χ4v) is 5.15. The lowest BCUT2D eigenvalue weighted by molar-refractivity contribution is -0.274. The van der Waals surface area contributed by atoms with Gasteiger partial charge in [0, 0.05) is 30.9 Å². The van der Waals surface area contributed by atoms with E-state index in [9.17, 15) is 13.2 Å². The summed E-state index contributed by atoms with van der Waals surface area (Å²) in [5.74, 6) is 0.241. The molecule has 9 heteroatoms. The summed E-state index contributed by atoms with van der Waals surface area (Å²) in [6.45, 7) is 5.68. The van der Waals surface area contributed by atoms with Crippen molar-refractivity contribution in [2.45, 2.75) is 44.1 Å². The fraction of sp³-hybridized carbons (Fsp3) is 0.571. The maximum atomic E-state index is 12.5. The topological polar surface area (TPSA) is 48.7 Å². The Morgan fingerprint density at radius 1 is 1.20 bits per heavy atom. The van der Waals surface area contributed by atoms with Crippen LogP contribution in [0.5, 0.6) is 5.75 Å². The largest absolute Gasteiger partial charge is 0.573 e. The van der Waals surface area contributed by atoms with Crippen molar-refractivity contribution in [1.29, 1.82) is 0 Å². The molecule has 4 rings (SSSR count). The first-order valence-electron chi connectivity index (χ1n) is 10.2. The maximum Gasteiger partial charge on any atom is 0.573 e. The summed E-state index contributed by atoms with van der Waals surface area (Å²) in [5, 5.41) is 7.96. The van der Waals surface area contributed by atoms with Gasteiger partial charge >= 0.3 is 6.36 Å². The van der Waals surface area contributed by atoms with Crippen molar-refractivity contribution in [2.75, 3.05) is 32.8 Å². The molecule has 2 aromatic rings. The van der Waals surface area contributed by atoms with Crippen LogP contribution in [-0.4, -0.2) is 55.3 Å². The van der Waals surface area contributed by atoms with E-state index in [1.807, 2.05) is 0 Å². The summed E-state index contributed by atoms with van der Waals surface area (Å²) in [5.41, 5.74) is 2.10. The second-order valence-corrected chi connectivity index (χ2v) is 8.58. The van der Waals surface area contributed by atoms with Crippen LogP contribution in [-0.2, 0) is 11.2 Å². The van der Waals surface area contributed by atoms with Gasteiger partial charge in [-0.3, -0.25) is 4.90 Å². The van der Waals surface area contributed by atoms with Crippen LogP contribution in [0.15, 0.2) is 29.6 Å². The van der Waals surface area contributed by atoms with E-state index in [4.69, 9.17) is 15.0 Å². The lowest BCUT2D eigenvalue weighted by Gasteiger charge is -2.42. The third-order valence-corrected chi connectivity index (χ3v) is 6.66. The summed E-state index contributed by atoms with van der Waals surface area (Å²) < 4.78 is 47.0. The average Bonchev–Trinajstić information content (AvgIpc) is 3.23. The summed E-state index contributed by atoms with van der Waals surface area (Å²) in [4.78, 5) is 7.14. The van der Waals surface area contributed by atoms with E-state index >= 15 is 0 Å². The number of rotatable bonds is 5. The Bertz CT molecular complexity index is 822. The van der Waals surface area contributed by atoms with Crippen molar-refractivity contribution < 1.29 is 22.6 Å². The van der Waals surface area contributed by atoms with Crippen LogP contribution in [0.25, 0.3) is 0 Å². The second-order valence-electron chi connectivity index (χ2n) is 7.69. The van der Waals surface area contributed by atoms with E-state index in [2.05, 4.69) is 21.9 Å². The number of ether oxygens (including phenoxy) is 2. The molecule has 0 spiro atoms. The highest BCUT2D eigenvalue weighted by Crippen LogP contribution is 2.38. The van der Waals surface area contributed by atoms with E-state index in [0.717, 1.165) is 42.2 Å². The molecule has 3 heterocycles. The van der Waals surface area contributed by atoms with Gasteiger partial charge < -0.3 is 9.47 Å². The van der Waals surface area contributed by atoms with Crippen LogP contribution in [0, 0.1) is 0 Å². The number of aryl methyl sites for hydroxylation is 1. The summed E-state index contributed by atoms with van der Waals surface area (Å²) >= 11 is 1.69. The highest BCUT2D eigenvalue weighted by Gasteiger charge is 2.35. The van der Waals surface area contributed by atoms with E-state index in [1.54, 1.807) is 23.5 Å². The van der Waals surface area contributed by atoms with Crippen LogP contribution in [0.3, 0.4) is 0 Å². The molecule has 0 aliphatic carbocycles. The molecule has 30 heavy (non-hydrogen) atoms. The zero-order chi connectivity index (χ0) is 21.1. The monoisotopic (exact) mass is 440 g/mol. The third kappa shape index (κ3) is 5.32. The third-order valence-electron chi connectivity index (χ3n) is 5.61. The normalized spacial score (nSPS) is 25.9. The quantitative estimate of drug-likeness (QED) is 0.701. The van der Waals surface area contributed by atoms with E-state index < -0.39 is 6.36 Å². The van der Waals surface area contributed by atoms with E-state index in [1.165, 1.54) is 12.1 Å². The molecule has 0 bridgehead atoms. The Kier molecular flexibility index (Phi) is 6.62. The van der Waals surface area contributed by atoms with Crippen LogP contribution in [0.1, 0.15) is 41.4 Å². The lowest BCUT2D eigenvalue weighted by Crippen LogP contribution is -2.53. The molecule has 2 fully saturated rings.